The van der Waals surface area contributed by atoms with E-state index in [0.29, 0.717) is 30.3 Å². The van der Waals surface area contributed by atoms with E-state index in [2.05, 4.69) is 32.1 Å². The smallest absolute Gasteiger partial charge is 0.183 e. The van der Waals surface area contributed by atoms with Crippen LogP contribution in [-0.2, 0) is 15.7 Å². The SMILES string of the molecule is CSN(c1ccc(-c2n[nH]c(-c3cccc(N4CCOCC4)n3)n2)c(N2CCC3(CC2)CC3)c1)S(C)=O. The van der Waals surface area contributed by atoms with Gasteiger partial charge in [-0.15, -0.1) is 0 Å². The van der Waals surface area contributed by atoms with Gasteiger partial charge in [0, 0.05) is 49.9 Å². The summed E-state index contributed by atoms with van der Waals surface area (Å²) < 4.78 is 19.7. The van der Waals surface area contributed by atoms with Crippen molar-refractivity contribution in [2.45, 2.75) is 25.7 Å². The fourth-order valence-corrected chi connectivity index (χ4v) is 6.94. The van der Waals surface area contributed by atoms with Gasteiger partial charge in [0.1, 0.15) is 22.5 Å². The van der Waals surface area contributed by atoms with Crippen molar-refractivity contribution in [3.8, 4) is 22.9 Å². The molecule has 9 nitrogen and oxygen atoms in total. The summed E-state index contributed by atoms with van der Waals surface area (Å²) in [7, 11) is -1.13. The molecule has 196 valence electrons. The second-order valence-electron chi connectivity index (χ2n) is 10.0. The number of hydrogen-bond acceptors (Lipinski definition) is 8. The Kier molecular flexibility index (Phi) is 6.85. The lowest BCUT2D eigenvalue weighted by atomic mass is 9.93. The molecule has 2 saturated heterocycles. The van der Waals surface area contributed by atoms with Crippen molar-refractivity contribution in [1.29, 1.82) is 0 Å². The first-order valence-corrected chi connectivity index (χ1v) is 15.5. The number of hydrogen-bond donors (Lipinski definition) is 1. The second-order valence-corrected chi connectivity index (χ2v) is 12.2. The average molecular weight is 540 g/mol. The van der Waals surface area contributed by atoms with E-state index in [-0.39, 0.29) is 0 Å². The molecule has 1 aliphatic carbocycles. The maximum Gasteiger partial charge on any atom is 0.183 e. The number of nitrogens with one attached hydrogen (secondary N) is 1. The molecule has 0 radical (unpaired) electrons. The van der Waals surface area contributed by atoms with Gasteiger partial charge < -0.3 is 14.5 Å². The predicted molar refractivity (Wildman–Crippen MR) is 151 cm³/mol. The summed E-state index contributed by atoms with van der Waals surface area (Å²) in [6.45, 7) is 5.14. The van der Waals surface area contributed by atoms with Crippen LogP contribution in [0.5, 0.6) is 0 Å². The molecule has 2 aliphatic heterocycles. The topological polar surface area (TPSA) is 90.5 Å². The van der Waals surface area contributed by atoms with Gasteiger partial charge >= 0.3 is 0 Å². The third-order valence-electron chi connectivity index (χ3n) is 7.75. The maximum absolute atomic E-state index is 12.4. The largest absolute Gasteiger partial charge is 0.378 e. The molecule has 3 aromatic rings. The van der Waals surface area contributed by atoms with Gasteiger partial charge in [-0.3, -0.25) is 5.10 Å². The summed E-state index contributed by atoms with van der Waals surface area (Å²) in [6.07, 6.45) is 8.83. The molecular weight excluding hydrogens is 506 g/mol. The van der Waals surface area contributed by atoms with Crippen molar-refractivity contribution < 1.29 is 8.95 Å². The summed E-state index contributed by atoms with van der Waals surface area (Å²) >= 11 is 1.47. The van der Waals surface area contributed by atoms with E-state index >= 15 is 0 Å². The van der Waals surface area contributed by atoms with E-state index in [1.54, 1.807) is 6.26 Å². The number of pyridine rings is 1. The summed E-state index contributed by atoms with van der Waals surface area (Å²) in [4.78, 5) is 14.4. The van der Waals surface area contributed by atoms with Gasteiger partial charge in [0.25, 0.3) is 0 Å². The third-order valence-corrected chi connectivity index (χ3v) is 10.0. The molecule has 6 rings (SSSR count). The van der Waals surface area contributed by atoms with Crippen molar-refractivity contribution in [3.63, 3.8) is 0 Å². The average Bonchev–Trinajstić information content (AvgIpc) is 3.50. The predicted octanol–water partition coefficient (Wildman–Crippen LogP) is 4.13. The Morgan fingerprint density at radius 3 is 2.51 bits per heavy atom. The van der Waals surface area contributed by atoms with E-state index in [1.807, 2.05) is 34.2 Å². The van der Waals surface area contributed by atoms with Crippen LogP contribution < -0.4 is 13.5 Å². The molecule has 1 N–H and O–H groups in total. The molecule has 1 saturated carbocycles. The molecule has 1 atom stereocenters. The number of ether oxygens (including phenoxy) is 1. The van der Waals surface area contributed by atoms with Gasteiger partial charge in [-0.2, -0.15) is 5.10 Å². The van der Waals surface area contributed by atoms with Crippen LogP contribution in [-0.4, -0.2) is 76.3 Å². The number of benzene rings is 1. The first-order valence-electron chi connectivity index (χ1n) is 12.8. The standard InChI is InChI=1S/C26H33N7O2S2/c1-36-33(37(2)34)19-6-7-20(22(18-19)31-12-10-26(8-9-26)11-13-31)24-28-25(30-29-24)21-4-3-5-23(27-21)32-14-16-35-17-15-32/h3-7,18H,8-17H2,1-2H3,(H,28,29,30). The van der Waals surface area contributed by atoms with Crippen molar-refractivity contribution >= 4 is 40.1 Å². The maximum atomic E-state index is 12.4. The zero-order chi connectivity index (χ0) is 25.4. The van der Waals surface area contributed by atoms with Gasteiger partial charge in [-0.25, -0.2) is 17.9 Å². The van der Waals surface area contributed by atoms with Crippen molar-refractivity contribution in [3.05, 3.63) is 36.4 Å². The number of morpholine rings is 1. The molecule has 1 unspecified atom stereocenters. The normalized spacial score (nSPS) is 19.7. The number of nitrogens with zero attached hydrogens (tertiary/aromatic N) is 6. The highest BCUT2D eigenvalue weighted by Crippen LogP contribution is 2.54. The van der Waals surface area contributed by atoms with Crippen LogP contribution in [0.2, 0.25) is 0 Å². The van der Waals surface area contributed by atoms with E-state index in [4.69, 9.17) is 14.7 Å². The van der Waals surface area contributed by atoms with Crippen LogP contribution >= 0.6 is 11.9 Å². The highest BCUT2D eigenvalue weighted by molar-refractivity contribution is 8.11. The van der Waals surface area contributed by atoms with Gasteiger partial charge in [0.05, 0.1) is 18.9 Å². The molecule has 37 heavy (non-hydrogen) atoms. The summed E-state index contributed by atoms with van der Waals surface area (Å²) in [5, 5.41) is 7.74. The number of aromatic amines is 1. The zero-order valence-corrected chi connectivity index (χ0v) is 23.0. The van der Waals surface area contributed by atoms with Crippen LogP contribution in [0, 0.1) is 5.41 Å². The molecular formula is C26H33N7O2S2. The Labute approximate surface area is 224 Å². The second kappa shape index (κ2) is 10.3. The summed E-state index contributed by atoms with van der Waals surface area (Å²) in [5.74, 6) is 2.22. The number of aromatic nitrogens is 4. The number of piperidine rings is 1. The van der Waals surface area contributed by atoms with Crippen molar-refractivity contribution in [1.82, 2.24) is 20.2 Å². The Morgan fingerprint density at radius 2 is 1.81 bits per heavy atom. The fraction of sp³-hybridized carbons (Fsp3) is 0.500. The zero-order valence-electron chi connectivity index (χ0n) is 21.4. The van der Waals surface area contributed by atoms with E-state index in [1.165, 1.54) is 37.6 Å². The summed E-state index contributed by atoms with van der Waals surface area (Å²) in [6, 6.07) is 12.2. The number of anilines is 3. The van der Waals surface area contributed by atoms with Gasteiger partial charge in [-0.05, 0) is 73.4 Å². The molecule has 3 aliphatic rings. The van der Waals surface area contributed by atoms with Crippen molar-refractivity contribution in [2.75, 3.05) is 65.4 Å². The number of H-pyrrole nitrogens is 1. The van der Waals surface area contributed by atoms with E-state index in [9.17, 15) is 4.21 Å². The van der Waals surface area contributed by atoms with Crippen LogP contribution in [0.25, 0.3) is 22.9 Å². The van der Waals surface area contributed by atoms with E-state index in [0.717, 1.165) is 54.6 Å². The minimum Gasteiger partial charge on any atom is -0.378 e. The molecule has 2 aromatic heterocycles. The van der Waals surface area contributed by atoms with Crippen LogP contribution in [0.15, 0.2) is 36.4 Å². The van der Waals surface area contributed by atoms with Crippen LogP contribution in [0.1, 0.15) is 25.7 Å². The monoisotopic (exact) mass is 539 g/mol. The lowest BCUT2D eigenvalue weighted by molar-refractivity contribution is 0.122. The van der Waals surface area contributed by atoms with Crippen LogP contribution in [0.3, 0.4) is 0 Å². The fourth-order valence-electron chi connectivity index (χ4n) is 5.36. The Morgan fingerprint density at radius 1 is 1.03 bits per heavy atom. The van der Waals surface area contributed by atoms with Crippen molar-refractivity contribution in [2.24, 2.45) is 5.41 Å². The van der Waals surface area contributed by atoms with Gasteiger partial charge in [0.15, 0.2) is 11.6 Å². The molecule has 1 spiro atoms. The Hall–Kier alpha value is -2.63. The first kappa shape index (κ1) is 24.7. The quantitative estimate of drug-likeness (QED) is 0.449. The third kappa shape index (κ3) is 5.08. The molecule has 4 heterocycles. The van der Waals surface area contributed by atoms with Gasteiger partial charge in [0.2, 0.25) is 0 Å². The molecule has 1 aromatic carbocycles. The minimum absolute atomic E-state index is 0.583. The Balaban J connectivity index is 1.32. The lowest BCUT2D eigenvalue weighted by Gasteiger charge is -2.35. The van der Waals surface area contributed by atoms with Gasteiger partial charge in [-0.1, -0.05) is 6.07 Å². The summed E-state index contributed by atoms with van der Waals surface area (Å²) in [5.41, 5.74) is 4.35. The minimum atomic E-state index is -1.13. The van der Waals surface area contributed by atoms with Crippen LogP contribution in [0.4, 0.5) is 17.2 Å². The molecule has 3 fully saturated rings. The Bertz CT molecular complexity index is 1280. The highest BCUT2D eigenvalue weighted by atomic mass is 32.2. The molecule has 0 amide bonds. The van der Waals surface area contributed by atoms with E-state index < -0.39 is 11.0 Å². The highest BCUT2D eigenvalue weighted by Gasteiger charge is 2.44. The molecule has 0 bridgehead atoms. The molecule has 11 heteroatoms. The number of rotatable bonds is 7. The first-order chi connectivity index (χ1) is 18.0. The lowest BCUT2D eigenvalue weighted by Crippen LogP contribution is -2.36.